The van der Waals surface area contributed by atoms with Gasteiger partial charge in [-0.2, -0.15) is 0 Å². The van der Waals surface area contributed by atoms with E-state index < -0.39 is 0 Å². The second-order valence-electron chi connectivity index (χ2n) is 3.68. The topological polar surface area (TPSA) is 83.0 Å². The molecule has 0 radical (unpaired) electrons. The van der Waals surface area contributed by atoms with Gasteiger partial charge in [-0.05, 0) is 11.6 Å². The third-order valence-corrected chi connectivity index (χ3v) is 2.55. The molecule has 0 spiro atoms. The summed E-state index contributed by atoms with van der Waals surface area (Å²) in [5.41, 5.74) is 7.05. The van der Waals surface area contributed by atoms with Gasteiger partial charge < -0.3 is 10.5 Å². The fraction of sp³-hybridized carbons (Fsp3) is 0.250. The highest BCUT2D eigenvalue weighted by molar-refractivity contribution is 5.20. The number of rotatable bonds is 4. The Morgan fingerprint density at radius 3 is 2.94 bits per heavy atom. The molecule has 2 aromatic heterocycles. The number of pyridine rings is 1. The summed E-state index contributed by atoms with van der Waals surface area (Å²) >= 11 is 0. The number of nitrogens with zero attached hydrogens (tertiary/aromatic N) is 3. The molecule has 0 aliphatic heterocycles. The maximum Gasteiger partial charge on any atom is 0.267 e. The summed E-state index contributed by atoms with van der Waals surface area (Å²) in [7, 11) is 1.51. The van der Waals surface area contributed by atoms with Crippen molar-refractivity contribution in [2.24, 2.45) is 5.73 Å². The van der Waals surface area contributed by atoms with Crippen molar-refractivity contribution < 1.29 is 4.74 Å². The number of hydrogen-bond acceptors (Lipinski definition) is 5. The standard InChI is InChI=1S/C12H14N4O2/c1-18-11-4-5-12(17)16(15-11)8-9-3-2-6-14-10(9)7-13/h2-6H,7-8,13H2,1H3. The minimum absolute atomic E-state index is 0.192. The van der Waals surface area contributed by atoms with E-state index in [2.05, 4.69) is 10.1 Å². The summed E-state index contributed by atoms with van der Waals surface area (Å²) < 4.78 is 6.32. The first-order valence-corrected chi connectivity index (χ1v) is 5.49. The van der Waals surface area contributed by atoms with Gasteiger partial charge in [0.1, 0.15) is 0 Å². The number of ether oxygens (including phenoxy) is 1. The molecular weight excluding hydrogens is 232 g/mol. The van der Waals surface area contributed by atoms with Crippen LogP contribution in [0.15, 0.2) is 35.3 Å². The molecule has 0 atom stereocenters. The van der Waals surface area contributed by atoms with Gasteiger partial charge in [-0.1, -0.05) is 6.07 Å². The van der Waals surface area contributed by atoms with Gasteiger partial charge in [0.05, 0.1) is 19.3 Å². The van der Waals surface area contributed by atoms with Crippen LogP contribution in [0.2, 0.25) is 0 Å². The summed E-state index contributed by atoms with van der Waals surface area (Å²) in [5, 5.41) is 4.07. The Morgan fingerprint density at radius 2 is 2.22 bits per heavy atom. The van der Waals surface area contributed by atoms with E-state index in [4.69, 9.17) is 10.5 Å². The lowest BCUT2D eigenvalue weighted by Crippen LogP contribution is -2.23. The predicted molar refractivity (Wildman–Crippen MR) is 66.3 cm³/mol. The molecule has 0 saturated carbocycles. The van der Waals surface area contributed by atoms with Gasteiger partial charge in [0.15, 0.2) is 0 Å². The van der Waals surface area contributed by atoms with E-state index in [9.17, 15) is 4.79 Å². The van der Waals surface area contributed by atoms with Gasteiger partial charge >= 0.3 is 0 Å². The Bertz CT molecular complexity index is 595. The van der Waals surface area contributed by atoms with E-state index >= 15 is 0 Å². The summed E-state index contributed by atoms with van der Waals surface area (Å²) in [4.78, 5) is 15.9. The molecule has 2 heterocycles. The monoisotopic (exact) mass is 246 g/mol. The van der Waals surface area contributed by atoms with Crippen molar-refractivity contribution in [3.8, 4) is 5.88 Å². The number of nitrogens with two attached hydrogens (primary N) is 1. The first-order valence-electron chi connectivity index (χ1n) is 5.49. The van der Waals surface area contributed by atoms with Crippen LogP contribution in [0, 0.1) is 0 Å². The highest BCUT2D eigenvalue weighted by Crippen LogP contribution is 2.07. The molecule has 0 aliphatic rings. The number of methoxy groups -OCH3 is 1. The predicted octanol–water partition coefficient (Wildman–Crippen LogP) is 0.154. The molecule has 0 aromatic carbocycles. The van der Waals surface area contributed by atoms with E-state index in [0.717, 1.165) is 11.3 Å². The molecule has 0 aliphatic carbocycles. The van der Waals surface area contributed by atoms with E-state index in [1.807, 2.05) is 6.07 Å². The van der Waals surface area contributed by atoms with Crippen LogP contribution in [0.5, 0.6) is 5.88 Å². The summed E-state index contributed by atoms with van der Waals surface area (Å²) in [5.74, 6) is 0.396. The number of aromatic nitrogens is 3. The second kappa shape index (κ2) is 5.42. The molecule has 0 fully saturated rings. The molecule has 0 amide bonds. The van der Waals surface area contributed by atoms with Crippen molar-refractivity contribution >= 4 is 0 Å². The zero-order chi connectivity index (χ0) is 13.0. The van der Waals surface area contributed by atoms with Crippen molar-refractivity contribution in [3.05, 3.63) is 52.1 Å². The average Bonchev–Trinajstić information content (AvgIpc) is 2.42. The lowest BCUT2D eigenvalue weighted by Gasteiger charge is -2.08. The van der Waals surface area contributed by atoms with Crippen LogP contribution in [0.4, 0.5) is 0 Å². The van der Waals surface area contributed by atoms with Crippen LogP contribution in [-0.4, -0.2) is 21.9 Å². The lowest BCUT2D eigenvalue weighted by atomic mass is 10.2. The molecule has 0 saturated heterocycles. The SMILES string of the molecule is COc1ccc(=O)n(Cc2cccnc2CN)n1. The normalized spacial score (nSPS) is 10.3. The molecule has 2 rings (SSSR count). The first-order chi connectivity index (χ1) is 8.74. The molecule has 6 nitrogen and oxygen atoms in total. The highest BCUT2D eigenvalue weighted by atomic mass is 16.5. The van der Waals surface area contributed by atoms with Crippen molar-refractivity contribution in [3.63, 3.8) is 0 Å². The Morgan fingerprint density at radius 1 is 1.39 bits per heavy atom. The van der Waals surface area contributed by atoms with Crippen LogP contribution in [-0.2, 0) is 13.1 Å². The zero-order valence-electron chi connectivity index (χ0n) is 10.0. The van der Waals surface area contributed by atoms with E-state index in [0.29, 0.717) is 19.0 Å². The summed E-state index contributed by atoms with van der Waals surface area (Å²) in [6.45, 7) is 0.658. The molecule has 0 bridgehead atoms. The maximum absolute atomic E-state index is 11.7. The average molecular weight is 246 g/mol. The minimum Gasteiger partial charge on any atom is -0.480 e. The van der Waals surface area contributed by atoms with Crippen molar-refractivity contribution in [2.75, 3.05) is 7.11 Å². The Hall–Kier alpha value is -2.21. The van der Waals surface area contributed by atoms with Crippen LogP contribution in [0.25, 0.3) is 0 Å². The molecule has 0 unspecified atom stereocenters. The van der Waals surface area contributed by atoms with Crippen LogP contribution in [0.1, 0.15) is 11.3 Å². The summed E-state index contributed by atoms with van der Waals surface area (Å²) in [6.07, 6.45) is 1.67. The van der Waals surface area contributed by atoms with Gasteiger partial charge in [0.25, 0.3) is 5.56 Å². The van der Waals surface area contributed by atoms with E-state index in [1.165, 1.54) is 23.9 Å². The largest absolute Gasteiger partial charge is 0.480 e. The summed E-state index contributed by atoms with van der Waals surface area (Å²) in [6, 6.07) is 6.64. The van der Waals surface area contributed by atoms with Gasteiger partial charge in [0, 0.05) is 24.9 Å². The van der Waals surface area contributed by atoms with Gasteiger partial charge in [0.2, 0.25) is 5.88 Å². The smallest absolute Gasteiger partial charge is 0.267 e. The molecule has 6 heteroatoms. The fourth-order valence-corrected chi connectivity index (χ4v) is 1.61. The van der Waals surface area contributed by atoms with Crippen LogP contribution in [0.3, 0.4) is 0 Å². The third kappa shape index (κ3) is 2.54. The molecule has 2 N–H and O–H groups in total. The van der Waals surface area contributed by atoms with Gasteiger partial charge in [-0.3, -0.25) is 9.78 Å². The van der Waals surface area contributed by atoms with Gasteiger partial charge in [-0.15, -0.1) is 5.10 Å². The van der Waals surface area contributed by atoms with E-state index in [1.54, 1.807) is 12.3 Å². The Labute approximate surface area is 104 Å². The van der Waals surface area contributed by atoms with E-state index in [-0.39, 0.29) is 5.56 Å². The minimum atomic E-state index is -0.192. The van der Waals surface area contributed by atoms with Crippen molar-refractivity contribution in [2.45, 2.75) is 13.1 Å². The van der Waals surface area contributed by atoms with Gasteiger partial charge in [-0.25, -0.2) is 4.68 Å². The zero-order valence-corrected chi connectivity index (χ0v) is 10.0. The number of hydrogen-bond donors (Lipinski definition) is 1. The fourth-order valence-electron chi connectivity index (χ4n) is 1.61. The quantitative estimate of drug-likeness (QED) is 0.830. The second-order valence-corrected chi connectivity index (χ2v) is 3.68. The highest BCUT2D eigenvalue weighted by Gasteiger charge is 2.06. The lowest BCUT2D eigenvalue weighted by molar-refractivity contribution is 0.378. The van der Waals surface area contributed by atoms with Crippen LogP contribution < -0.4 is 16.0 Å². The van der Waals surface area contributed by atoms with Crippen LogP contribution >= 0.6 is 0 Å². The third-order valence-electron chi connectivity index (χ3n) is 2.55. The molecular formula is C12H14N4O2. The molecule has 18 heavy (non-hydrogen) atoms. The first kappa shape index (κ1) is 12.3. The molecule has 94 valence electrons. The maximum atomic E-state index is 11.7. The Balaban J connectivity index is 2.36. The Kier molecular flexibility index (Phi) is 3.69. The van der Waals surface area contributed by atoms with Crippen molar-refractivity contribution in [1.29, 1.82) is 0 Å². The van der Waals surface area contributed by atoms with Crippen molar-refractivity contribution in [1.82, 2.24) is 14.8 Å². The molecule has 2 aromatic rings.